The molecule has 2 aromatic heterocycles. The molecule has 0 N–H and O–H groups in total. The highest BCUT2D eigenvalue weighted by Gasteiger charge is 2.27. The van der Waals surface area contributed by atoms with Gasteiger partial charge in [0.15, 0.2) is 0 Å². The van der Waals surface area contributed by atoms with Crippen LogP contribution in [0.25, 0.3) is 0 Å². The van der Waals surface area contributed by atoms with Gasteiger partial charge in [0.1, 0.15) is 11.9 Å². The summed E-state index contributed by atoms with van der Waals surface area (Å²) in [6.45, 7) is 5.79. The van der Waals surface area contributed by atoms with Crippen LogP contribution in [0.3, 0.4) is 0 Å². The van der Waals surface area contributed by atoms with Crippen molar-refractivity contribution < 1.29 is 13.9 Å². The number of amides is 1. The largest absolute Gasteiger partial charge is 0.467 e. The Hall–Kier alpha value is -2.08. The smallest absolute Gasteiger partial charge is 0.228 e. The van der Waals surface area contributed by atoms with E-state index in [1.807, 2.05) is 34.0 Å². The lowest BCUT2D eigenvalue weighted by molar-refractivity contribution is -0.139. The highest BCUT2D eigenvalue weighted by molar-refractivity contribution is 5.78. The standard InChI is InChI=1S/C16H21N3O3/c1-12(2)19-6-5-13(17-19)10-16(20)18-7-9-22-15(11-18)14-4-3-8-21-14/h3-6,8,12,15H,7,9-11H2,1-2H3. The van der Waals surface area contributed by atoms with Crippen molar-refractivity contribution in [2.45, 2.75) is 32.4 Å². The second-order valence-corrected chi connectivity index (χ2v) is 5.77. The van der Waals surface area contributed by atoms with E-state index in [2.05, 4.69) is 18.9 Å². The minimum Gasteiger partial charge on any atom is -0.467 e. The van der Waals surface area contributed by atoms with Gasteiger partial charge >= 0.3 is 0 Å². The summed E-state index contributed by atoms with van der Waals surface area (Å²) in [5, 5.41) is 4.43. The molecule has 3 rings (SSSR count). The van der Waals surface area contributed by atoms with Crippen LogP contribution in [0.1, 0.15) is 37.4 Å². The van der Waals surface area contributed by atoms with Crippen LogP contribution in [-0.4, -0.2) is 40.3 Å². The first-order valence-electron chi connectivity index (χ1n) is 7.60. The third kappa shape index (κ3) is 3.22. The molecule has 22 heavy (non-hydrogen) atoms. The summed E-state index contributed by atoms with van der Waals surface area (Å²) in [5.41, 5.74) is 0.805. The van der Waals surface area contributed by atoms with Gasteiger partial charge in [-0.05, 0) is 32.0 Å². The molecule has 1 saturated heterocycles. The molecule has 118 valence electrons. The van der Waals surface area contributed by atoms with Crippen LogP contribution in [0, 0.1) is 0 Å². The first-order chi connectivity index (χ1) is 10.6. The molecule has 6 nitrogen and oxygen atoms in total. The van der Waals surface area contributed by atoms with E-state index in [1.54, 1.807) is 6.26 Å². The minimum absolute atomic E-state index is 0.0777. The Balaban J connectivity index is 1.61. The molecule has 6 heteroatoms. The number of carbonyl (C=O) groups excluding carboxylic acids is 1. The number of furan rings is 1. The molecular weight excluding hydrogens is 282 g/mol. The molecule has 1 atom stereocenters. The quantitative estimate of drug-likeness (QED) is 0.869. The van der Waals surface area contributed by atoms with E-state index in [0.29, 0.717) is 32.2 Å². The molecule has 1 aliphatic rings. The topological polar surface area (TPSA) is 60.5 Å². The molecule has 0 radical (unpaired) electrons. The average Bonchev–Trinajstić information content (AvgIpc) is 3.19. The van der Waals surface area contributed by atoms with Crippen molar-refractivity contribution in [1.82, 2.24) is 14.7 Å². The molecule has 0 bridgehead atoms. The van der Waals surface area contributed by atoms with Crippen LogP contribution >= 0.6 is 0 Å². The lowest BCUT2D eigenvalue weighted by atomic mass is 10.2. The van der Waals surface area contributed by atoms with Crippen molar-refractivity contribution in [2.24, 2.45) is 0 Å². The van der Waals surface area contributed by atoms with Crippen LogP contribution in [0.15, 0.2) is 35.1 Å². The minimum atomic E-state index is -0.180. The van der Waals surface area contributed by atoms with Gasteiger partial charge in [0.25, 0.3) is 0 Å². The summed E-state index contributed by atoms with van der Waals surface area (Å²) in [5.74, 6) is 0.843. The van der Waals surface area contributed by atoms with Gasteiger partial charge in [-0.15, -0.1) is 0 Å². The third-order valence-electron chi connectivity index (χ3n) is 3.80. The van der Waals surface area contributed by atoms with E-state index in [-0.39, 0.29) is 12.0 Å². The Morgan fingerprint density at radius 1 is 1.45 bits per heavy atom. The summed E-state index contributed by atoms with van der Waals surface area (Å²) in [4.78, 5) is 14.3. The molecule has 0 aromatic carbocycles. The Bertz CT molecular complexity index is 618. The fourth-order valence-electron chi connectivity index (χ4n) is 2.55. The summed E-state index contributed by atoms with van der Waals surface area (Å²) < 4.78 is 12.9. The molecule has 2 aromatic rings. The van der Waals surface area contributed by atoms with Gasteiger partial charge in [-0.25, -0.2) is 0 Å². The van der Waals surface area contributed by atoms with Gasteiger partial charge in [0.2, 0.25) is 5.91 Å². The van der Waals surface area contributed by atoms with Crippen molar-refractivity contribution in [3.63, 3.8) is 0 Å². The van der Waals surface area contributed by atoms with E-state index >= 15 is 0 Å². The number of carbonyl (C=O) groups is 1. The Morgan fingerprint density at radius 3 is 3.00 bits per heavy atom. The Labute approximate surface area is 129 Å². The lowest BCUT2D eigenvalue weighted by Gasteiger charge is -2.31. The van der Waals surface area contributed by atoms with Crippen molar-refractivity contribution in [3.8, 4) is 0 Å². The number of hydrogen-bond acceptors (Lipinski definition) is 4. The summed E-state index contributed by atoms with van der Waals surface area (Å²) in [6.07, 6.45) is 3.68. The monoisotopic (exact) mass is 303 g/mol. The first-order valence-corrected chi connectivity index (χ1v) is 7.60. The number of aromatic nitrogens is 2. The van der Waals surface area contributed by atoms with Gasteiger partial charge in [-0.2, -0.15) is 5.10 Å². The maximum atomic E-state index is 12.5. The zero-order valence-electron chi connectivity index (χ0n) is 12.9. The molecule has 0 aliphatic carbocycles. The SMILES string of the molecule is CC(C)n1ccc(CC(=O)N2CCOC(c3ccco3)C2)n1. The van der Waals surface area contributed by atoms with Gasteiger partial charge < -0.3 is 14.1 Å². The van der Waals surface area contributed by atoms with E-state index in [0.717, 1.165) is 11.5 Å². The average molecular weight is 303 g/mol. The maximum Gasteiger partial charge on any atom is 0.228 e. The van der Waals surface area contributed by atoms with Gasteiger partial charge in [0.05, 0.1) is 31.5 Å². The predicted octanol–water partition coefficient (Wildman–Crippen LogP) is 2.20. The fourth-order valence-corrected chi connectivity index (χ4v) is 2.55. The molecule has 1 unspecified atom stereocenters. The number of hydrogen-bond donors (Lipinski definition) is 0. The summed E-state index contributed by atoms with van der Waals surface area (Å²) in [7, 11) is 0. The second kappa shape index (κ2) is 6.36. The van der Waals surface area contributed by atoms with Crippen LogP contribution < -0.4 is 0 Å². The van der Waals surface area contributed by atoms with Crippen LogP contribution in [0.4, 0.5) is 0 Å². The maximum absolute atomic E-state index is 12.5. The zero-order valence-corrected chi connectivity index (χ0v) is 12.9. The highest BCUT2D eigenvalue weighted by atomic mass is 16.5. The molecule has 1 fully saturated rings. The predicted molar refractivity (Wildman–Crippen MR) is 80.3 cm³/mol. The van der Waals surface area contributed by atoms with Crippen LogP contribution in [0.5, 0.6) is 0 Å². The summed E-state index contributed by atoms with van der Waals surface area (Å²) in [6, 6.07) is 5.92. The van der Waals surface area contributed by atoms with Crippen LogP contribution in [0.2, 0.25) is 0 Å². The van der Waals surface area contributed by atoms with E-state index in [1.165, 1.54) is 0 Å². The molecule has 0 saturated carbocycles. The molecule has 0 spiro atoms. The number of morpholine rings is 1. The van der Waals surface area contributed by atoms with Gasteiger partial charge in [-0.1, -0.05) is 0 Å². The van der Waals surface area contributed by atoms with E-state index in [4.69, 9.17) is 9.15 Å². The molecule has 3 heterocycles. The Kier molecular flexibility index (Phi) is 4.29. The van der Waals surface area contributed by atoms with E-state index in [9.17, 15) is 4.79 Å². The normalized spacial score (nSPS) is 18.9. The summed E-state index contributed by atoms with van der Waals surface area (Å²) >= 11 is 0. The number of nitrogens with zero attached hydrogens (tertiary/aromatic N) is 3. The van der Waals surface area contributed by atoms with E-state index < -0.39 is 0 Å². The van der Waals surface area contributed by atoms with Gasteiger partial charge in [0, 0.05) is 18.8 Å². The van der Waals surface area contributed by atoms with Crippen molar-refractivity contribution >= 4 is 5.91 Å². The van der Waals surface area contributed by atoms with Gasteiger partial charge in [-0.3, -0.25) is 9.48 Å². The fraction of sp³-hybridized carbons (Fsp3) is 0.500. The lowest BCUT2D eigenvalue weighted by Crippen LogP contribution is -2.42. The van der Waals surface area contributed by atoms with Crippen molar-refractivity contribution in [1.29, 1.82) is 0 Å². The van der Waals surface area contributed by atoms with Crippen molar-refractivity contribution in [2.75, 3.05) is 19.7 Å². The Morgan fingerprint density at radius 2 is 2.32 bits per heavy atom. The third-order valence-corrected chi connectivity index (χ3v) is 3.80. The van der Waals surface area contributed by atoms with Crippen molar-refractivity contribution in [3.05, 3.63) is 42.1 Å². The molecular formula is C16H21N3O3. The molecule has 1 aliphatic heterocycles. The highest BCUT2D eigenvalue weighted by Crippen LogP contribution is 2.22. The second-order valence-electron chi connectivity index (χ2n) is 5.77. The van der Waals surface area contributed by atoms with Crippen LogP contribution in [-0.2, 0) is 16.0 Å². The first kappa shape index (κ1) is 14.8. The zero-order chi connectivity index (χ0) is 15.5. The molecule has 1 amide bonds. The number of rotatable bonds is 4. The number of ether oxygens (including phenoxy) is 1.